The third-order valence-electron chi connectivity index (χ3n) is 4.73. The first-order chi connectivity index (χ1) is 8.13. The Kier molecular flexibility index (Phi) is 2.60. The molecule has 2 saturated carbocycles. The molecule has 1 saturated heterocycles. The van der Waals surface area contributed by atoms with Crippen LogP contribution in [0.3, 0.4) is 0 Å². The van der Waals surface area contributed by atoms with Crippen molar-refractivity contribution < 1.29 is 9.59 Å². The summed E-state index contributed by atoms with van der Waals surface area (Å²) in [6, 6.07) is -0.338. The molecule has 0 spiro atoms. The summed E-state index contributed by atoms with van der Waals surface area (Å²) in [6.07, 6.45) is 5.34. The number of nitrogens with zero attached hydrogens (tertiary/aromatic N) is 1. The Balaban J connectivity index is 1.64. The third kappa shape index (κ3) is 1.94. The second-order valence-electron chi connectivity index (χ2n) is 5.94. The molecule has 17 heavy (non-hydrogen) atoms. The van der Waals surface area contributed by atoms with E-state index in [4.69, 9.17) is 0 Å². The molecule has 4 heteroatoms. The number of amides is 2. The molecule has 1 heterocycles. The zero-order valence-electron chi connectivity index (χ0n) is 10.3. The van der Waals surface area contributed by atoms with Gasteiger partial charge in [-0.05, 0) is 43.9 Å². The summed E-state index contributed by atoms with van der Waals surface area (Å²) in [7, 11) is 0. The van der Waals surface area contributed by atoms with Gasteiger partial charge in [0.05, 0.1) is 6.54 Å². The molecule has 3 aliphatic rings. The molecule has 2 amide bonds. The maximum Gasteiger partial charge on any atom is 0.245 e. The Morgan fingerprint density at radius 3 is 2.76 bits per heavy atom. The predicted octanol–water partition coefficient (Wildman–Crippen LogP) is 0.769. The van der Waals surface area contributed by atoms with E-state index in [-0.39, 0.29) is 24.4 Å². The van der Waals surface area contributed by atoms with E-state index in [1.54, 1.807) is 11.8 Å². The van der Waals surface area contributed by atoms with Crippen LogP contribution in [0.25, 0.3) is 0 Å². The highest BCUT2D eigenvalue weighted by molar-refractivity contribution is 5.94. The van der Waals surface area contributed by atoms with Crippen molar-refractivity contribution in [2.45, 2.75) is 38.6 Å². The summed E-state index contributed by atoms with van der Waals surface area (Å²) in [6.45, 7) is 2.84. The highest BCUT2D eigenvalue weighted by atomic mass is 16.2. The summed E-state index contributed by atoms with van der Waals surface area (Å²) in [5, 5.41) is 2.69. The topological polar surface area (TPSA) is 49.4 Å². The van der Waals surface area contributed by atoms with E-state index in [1.807, 2.05) is 0 Å². The summed E-state index contributed by atoms with van der Waals surface area (Å²) >= 11 is 0. The Morgan fingerprint density at radius 1 is 1.29 bits per heavy atom. The van der Waals surface area contributed by atoms with Crippen LogP contribution in [0.4, 0.5) is 0 Å². The quantitative estimate of drug-likeness (QED) is 0.770. The van der Waals surface area contributed by atoms with Crippen LogP contribution < -0.4 is 5.32 Å². The number of nitrogens with one attached hydrogen (secondary N) is 1. The largest absolute Gasteiger partial charge is 0.343 e. The van der Waals surface area contributed by atoms with Gasteiger partial charge in [-0.1, -0.05) is 6.42 Å². The molecular weight excluding hydrogens is 216 g/mol. The molecule has 4 nitrogen and oxygen atoms in total. The van der Waals surface area contributed by atoms with Gasteiger partial charge in [0.25, 0.3) is 0 Å². The van der Waals surface area contributed by atoms with Crippen LogP contribution in [0.1, 0.15) is 32.6 Å². The van der Waals surface area contributed by atoms with Crippen LogP contribution in [0.5, 0.6) is 0 Å². The normalized spacial score (nSPS) is 40.9. The highest BCUT2D eigenvalue weighted by Crippen LogP contribution is 2.48. The van der Waals surface area contributed by atoms with Gasteiger partial charge in [-0.15, -0.1) is 0 Å². The number of piperazine rings is 1. The third-order valence-corrected chi connectivity index (χ3v) is 4.73. The number of carbonyl (C=O) groups excluding carboxylic acids is 2. The molecule has 0 aromatic rings. The lowest BCUT2D eigenvalue weighted by molar-refractivity contribution is -0.144. The second-order valence-corrected chi connectivity index (χ2v) is 5.94. The van der Waals surface area contributed by atoms with E-state index in [1.165, 1.54) is 25.7 Å². The van der Waals surface area contributed by atoms with Gasteiger partial charge in [0.15, 0.2) is 0 Å². The van der Waals surface area contributed by atoms with Crippen molar-refractivity contribution in [2.75, 3.05) is 13.1 Å². The van der Waals surface area contributed by atoms with Gasteiger partial charge in [0.2, 0.25) is 11.8 Å². The van der Waals surface area contributed by atoms with Crippen molar-refractivity contribution in [3.63, 3.8) is 0 Å². The minimum atomic E-state index is -0.338. The van der Waals surface area contributed by atoms with Crippen molar-refractivity contribution in [1.29, 1.82) is 0 Å². The molecule has 3 fully saturated rings. The Hall–Kier alpha value is -1.06. The molecule has 1 aliphatic heterocycles. The first-order valence-corrected chi connectivity index (χ1v) is 6.71. The number of fused-ring (bicyclic) bond motifs is 2. The van der Waals surface area contributed by atoms with Gasteiger partial charge in [-0.25, -0.2) is 0 Å². The standard InChI is InChI=1S/C13H20N2O2/c1-8-13(17)15(7-12(16)14-8)6-11-5-9-2-3-10(11)4-9/h8-11H,2-7H2,1H3,(H,14,16). The summed E-state index contributed by atoms with van der Waals surface area (Å²) in [5.74, 6) is 2.44. The van der Waals surface area contributed by atoms with E-state index in [2.05, 4.69) is 5.32 Å². The van der Waals surface area contributed by atoms with Crippen molar-refractivity contribution in [2.24, 2.45) is 17.8 Å². The van der Waals surface area contributed by atoms with Gasteiger partial charge < -0.3 is 10.2 Å². The fourth-order valence-electron chi connectivity index (χ4n) is 3.91. The smallest absolute Gasteiger partial charge is 0.245 e. The van der Waals surface area contributed by atoms with Crippen molar-refractivity contribution >= 4 is 11.8 Å². The molecule has 94 valence electrons. The van der Waals surface area contributed by atoms with Crippen molar-refractivity contribution in [1.82, 2.24) is 10.2 Å². The van der Waals surface area contributed by atoms with Crippen molar-refractivity contribution in [3.05, 3.63) is 0 Å². The Morgan fingerprint density at radius 2 is 2.12 bits per heavy atom. The fourth-order valence-corrected chi connectivity index (χ4v) is 3.91. The first kappa shape index (κ1) is 11.1. The summed E-state index contributed by atoms with van der Waals surface area (Å²) < 4.78 is 0. The predicted molar refractivity (Wildman–Crippen MR) is 63.1 cm³/mol. The molecule has 4 atom stereocenters. The molecule has 3 rings (SSSR count). The average Bonchev–Trinajstić information content (AvgIpc) is 2.87. The second kappa shape index (κ2) is 4.00. The zero-order chi connectivity index (χ0) is 12.0. The van der Waals surface area contributed by atoms with Gasteiger partial charge in [0, 0.05) is 6.54 Å². The number of rotatable bonds is 2. The minimum absolute atomic E-state index is 0.0137. The van der Waals surface area contributed by atoms with Crippen LogP contribution >= 0.6 is 0 Å². The number of hydrogen-bond donors (Lipinski definition) is 1. The van der Waals surface area contributed by atoms with Gasteiger partial charge in [0.1, 0.15) is 6.04 Å². The molecule has 4 unspecified atom stereocenters. The molecule has 1 N–H and O–H groups in total. The Labute approximate surface area is 102 Å². The summed E-state index contributed by atoms with van der Waals surface area (Å²) in [4.78, 5) is 25.2. The molecular formula is C13H20N2O2. The SMILES string of the molecule is CC1NC(=O)CN(CC2CC3CCC2C3)C1=O. The van der Waals surface area contributed by atoms with Crippen molar-refractivity contribution in [3.8, 4) is 0 Å². The van der Waals surface area contributed by atoms with E-state index in [0.717, 1.165) is 18.4 Å². The maximum atomic E-state index is 12.0. The van der Waals surface area contributed by atoms with Gasteiger partial charge >= 0.3 is 0 Å². The van der Waals surface area contributed by atoms with E-state index < -0.39 is 0 Å². The van der Waals surface area contributed by atoms with E-state index in [0.29, 0.717) is 5.92 Å². The van der Waals surface area contributed by atoms with E-state index >= 15 is 0 Å². The highest BCUT2D eigenvalue weighted by Gasteiger charge is 2.41. The average molecular weight is 236 g/mol. The molecule has 0 aromatic carbocycles. The maximum absolute atomic E-state index is 12.0. The molecule has 0 radical (unpaired) electrons. The lowest BCUT2D eigenvalue weighted by atomic mass is 9.88. The zero-order valence-corrected chi connectivity index (χ0v) is 10.3. The lowest BCUT2D eigenvalue weighted by Gasteiger charge is -2.34. The minimum Gasteiger partial charge on any atom is -0.343 e. The molecule has 2 aliphatic carbocycles. The number of hydrogen-bond acceptors (Lipinski definition) is 2. The van der Waals surface area contributed by atoms with E-state index in [9.17, 15) is 9.59 Å². The molecule has 2 bridgehead atoms. The summed E-state index contributed by atoms with van der Waals surface area (Å²) in [5.41, 5.74) is 0. The van der Waals surface area contributed by atoms with Crippen LogP contribution in [0.15, 0.2) is 0 Å². The van der Waals surface area contributed by atoms with Gasteiger partial charge in [-0.2, -0.15) is 0 Å². The Bertz CT molecular complexity index is 355. The van der Waals surface area contributed by atoms with Crippen LogP contribution in [0.2, 0.25) is 0 Å². The van der Waals surface area contributed by atoms with Crippen LogP contribution in [-0.2, 0) is 9.59 Å². The molecule has 0 aromatic heterocycles. The monoisotopic (exact) mass is 236 g/mol. The van der Waals surface area contributed by atoms with Crippen LogP contribution in [0, 0.1) is 17.8 Å². The van der Waals surface area contributed by atoms with Gasteiger partial charge in [-0.3, -0.25) is 9.59 Å². The lowest BCUT2D eigenvalue weighted by Crippen LogP contribution is -2.57. The van der Waals surface area contributed by atoms with Crippen LogP contribution in [-0.4, -0.2) is 35.8 Å². The first-order valence-electron chi connectivity index (χ1n) is 6.71. The number of carbonyl (C=O) groups is 2. The fraction of sp³-hybridized carbons (Fsp3) is 0.846.